The van der Waals surface area contributed by atoms with Gasteiger partial charge in [0.15, 0.2) is 0 Å². The van der Waals surface area contributed by atoms with Crippen molar-refractivity contribution in [1.82, 2.24) is 0 Å². The van der Waals surface area contributed by atoms with Gasteiger partial charge in [-0.15, -0.1) is 0 Å². The minimum absolute atomic E-state index is 0.213. The molecule has 0 aliphatic rings. The van der Waals surface area contributed by atoms with E-state index in [1.807, 2.05) is 31.2 Å². The van der Waals surface area contributed by atoms with Crippen LogP contribution in [-0.2, 0) is 4.74 Å². The number of halogens is 1. The lowest BCUT2D eigenvalue weighted by Gasteiger charge is -2.28. The van der Waals surface area contributed by atoms with Gasteiger partial charge >= 0.3 is 6.09 Å². The van der Waals surface area contributed by atoms with Gasteiger partial charge in [-0.3, -0.25) is 0 Å². The first-order chi connectivity index (χ1) is 8.81. The van der Waals surface area contributed by atoms with Crippen molar-refractivity contribution in [3.63, 3.8) is 0 Å². The van der Waals surface area contributed by atoms with E-state index < -0.39 is 11.7 Å². The molecule has 2 N–H and O–H groups in total. The monoisotopic (exact) mass is 327 g/mol. The first-order valence-electron chi connectivity index (χ1n) is 5.82. The molecule has 0 bridgehead atoms. The van der Waals surface area contributed by atoms with E-state index in [0.717, 1.165) is 10.0 Å². The number of amides is 1. The van der Waals surface area contributed by atoms with Crippen LogP contribution < -0.4 is 10.5 Å². The van der Waals surface area contributed by atoms with Gasteiger partial charge in [0.1, 0.15) is 18.0 Å². The molecule has 0 saturated heterocycles. The SMILES string of the molecule is C=C(C)CC(C)(COc1ccc(Br)cc1)OC(N)=O. The van der Waals surface area contributed by atoms with Gasteiger partial charge in [0.2, 0.25) is 0 Å². The average molecular weight is 328 g/mol. The summed E-state index contributed by atoms with van der Waals surface area (Å²) in [4.78, 5) is 11.0. The molecule has 5 heteroatoms. The molecule has 0 spiro atoms. The molecule has 1 aromatic rings. The van der Waals surface area contributed by atoms with Crippen molar-refractivity contribution in [3.8, 4) is 5.75 Å². The largest absolute Gasteiger partial charge is 0.489 e. The Bertz CT molecular complexity index is 440. The molecule has 1 amide bonds. The van der Waals surface area contributed by atoms with Crippen molar-refractivity contribution in [3.05, 3.63) is 40.9 Å². The Labute approximate surface area is 121 Å². The summed E-state index contributed by atoms with van der Waals surface area (Å²) < 4.78 is 11.7. The standard InChI is InChI=1S/C14H18BrNO3/c1-10(2)8-14(3,19-13(16)17)9-18-12-6-4-11(15)5-7-12/h4-7H,1,8-9H2,2-3H3,(H2,16,17). The van der Waals surface area contributed by atoms with Crippen molar-refractivity contribution in [1.29, 1.82) is 0 Å². The van der Waals surface area contributed by atoms with E-state index in [9.17, 15) is 4.79 Å². The number of ether oxygens (including phenoxy) is 2. The Kier molecular flexibility index (Phi) is 5.42. The molecule has 19 heavy (non-hydrogen) atoms. The fourth-order valence-electron chi connectivity index (χ4n) is 1.76. The number of carbonyl (C=O) groups excluding carboxylic acids is 1. The second-order valence-electron chi connectivity index (χ2n) is 4.75. The van der Waals surface area contributed by atoms with Crippen LogP contribution in [0, 0.1) is 0 Å². The molecule has 0 heterocycles. The number of primary amides is 1. The third-order valence-electron chi connectivity index (χ3n) is 2.38. The zero-order valence-electron chi connectivity index (χ0n) is 11.1. The van der Waals surface area contributed by atoms with Gasteiger partial charge in [-0.2, -0.15) is 0 Å². The summed E-state index contributed by atoms with van der Waals surface area (Å²) in [6, 6.07) is 7.41. The summed E-state index contributed by atoms with van der Waals surface area (Å²) >= 11 is 3.35. The minimum atomic E-state index is -0.817. The number of hydrogen-bond donors (Lipinski definition) is 1. The Morgan fingerprint density at radius 1 is 1.42 bits per heavy atom. The van der Waals surface area contributed by atoms with Gasteiger partial charge < -0.3 is 15.2 Å². The lowest BCUT2D eigenvalue weighted by molar-refractivity contribution is -0.00420. The molecular formula is C14H18BrNO3. The molecule has 1 rings (SSSR count). The molecule has 4 nitrogen and oxygen atoms in total. The van der Waals surface area contributed by atoms with Crippen LogP contribution in [0.25, 0.3) is 0 Å². The Morgan fingerprint density at radius 2 is 2.00 bits per heavy atom. The third-order valence-corrected chi connectivity index (χ3v) is 2.91. The highest BCUT2D eigenvalue weighted by atomic mass is 79.9. The van der Waals surface area contributed by atoms with Gasteiger partial charge in [0, 0.05) is 10.9 Å². The van der Waals surface area contributed by atoms with Crippen molar-refractivity contribution in [2.75, 3.05) is 6.61 Å². The predicted octanol–water partition coefficient (Wildman–Crippen LogP) is 3.65. The highest BCUT2D eigenvalue weighted by Crippen LogP contribution is 2.23. The van der Waals surface area contributed by atoms with Gasteiger partial charge in [-0.25, -0.2) is 4.79 Å². The lowest BCUT2D eigenvalue weighted by Crippen LogP contribution is -2.40. The van der Waals surface area contributed by atoms with Crippen LogP contribution in [0.1, 0.15) is 20.3 Å². The highest BCUT2D eigenvalue weighted by molar-refractivity contribution is 9.10. The molecule has 0 aromatic heterocycles. The smallest absolute Gasteiger partial charge is 0.405 e. The van der Waals surface area contributed by atoms with Gasteiger partial charge in [0.25, 0.3) is 0 Å². The molecule has 1 atom stereocenters. The minimum Gasteiger partial charge on any atom is -0.489 e. The van der Waals surface area contributed by atoms with Crippen LogP contribution in [0.4, 0.5) is 4.79 Å². The number of hydrogen-bond acceptors (Lipinski definition) is 3. The van der Waals surface area contributed by atoms with E-state index >= 15 is 0 Å². The zero-order valence-corrected chi connectivity index (χ0v) is 12.7. The molecular weight excluding hydrogens is 310 g/mol. The van der Waals surface area contributed by atoms with Crippen LogP contribution in [-0.4, -0.2) is 18.3 Å². The van der Waals surface area contributed by atoms with Crippen LogP contribution in [0.5, 0.6) is 5.75 Å². The normalized spacial score (nSPS) is 13.4. The summed E-state index contributed by atoms with van der Waals surface area (Å²) in [5, 5.41) is 0. The van der Waals surface area contributed by atoms with Crippen molar-refractivity contribution in [2.24, 2.45) is 5.73 Å². The van der Waals surface area contributed by atoms with Crippen molar-refractivity contribution < 1.29 is 14.3 Å². The summed E-state index contributed by atoms with van der Waals surface area (Å²) in [6.45, 7) is 7.67. The van der Waals surface area contributed by atoms with Gasteiger partial charge in [0.05, 0.1) is 0 Å². The first kappa shape index (κ1) is 15.6. The molecule has 104 valence electrons. The maximum atomic E-state index is 11.0. The van der Waals surface area contributed by atoms with Crippen LogP contribution in [0.2, 0.25) is 0 Å². The molecule has 1 aromatic carbocycles. The predicted molar refractivity (Wildman–Crippen MR) is 78.1 cm³/mol. The molecule has 1 unspecified atom stereocenters. The average Bonchev–Trinajstić information content (AvgIpc) is 2.26. The number of benzene rings is 1. The summed E-state index contributed by atoms with van der Waals surface area (Å²) in [5.74, 6) is 0.698. The molecule has 0 saturated carbocycles. The third kappa shape index (κ3) is 5.79. The first-order valence-corrected chi connectivity index (χ1v) is 6.61. The molecule has 0 aliphatic carbocycles. The zero-order chi connectivity index (χ0) is 14.5. The van der Waals surface area contributed by atoms with Crippen molar-refractivity contribution in [2.45, 2.75) is 25.9 Å². The summed E-state index contributed by atoms with van der Waals surface area (Å²) in [5.41, 5.74) is 5.17. The van der Waals surface area contributed by atoms with Crippen molar-refractivity contribution >= 4 is 22.0 Å². The lowest BCUT2D eigenvalue weighted by atomic mass is 9.99. The topological polar surface area (TPSA) is 61.6 Å². The van der Waals surface area contributed by atoms with E-state index in [4.69, 9.17) is 15.2 Å². The highest BCUT2D eigenvalue weighted by Gasteiger charge is 2.29. The van der Waals surface area contributed by atoms with E-state index in [1.54, 1.807) is 6.92 Å². The van der Waals surface area contributed by atoms with Crippen LogP contribution in [0.3, 0.4) is 0 Å². The van der Waals surface area contributed by atoms with E-state index in [0.29, 0.717) is 12.2 Å². The summed E-state index contributed by atoms with van der Waals surface area (Å²) in [6.07, 6.45) is -0.324. The summed E-state index contributed by atoms with van der Waals surface area (Å²) in [7, 11) is 0. The quantitative estimate of drug-likeness (QED) is 0.811. The fraction of sp³-hybridized carbons (Fsp3) is 0.357. The molecule has 0 radical (unpaired) electrons. The van der Waals surface area contributed by atoms with Gasteiger partial charge in [-0.1, -0.05) is 28.1 Å². The number of nitrogens with two attached hydrogens (primary N) is 1. The maximum absolute atomic E-state index is 11.0. The second kappa shape index (κ2) is 6.61. The molecule has 0 aliphatic heterocycles. The number of rotatable bonds is 6. The maximum Gasteiger partial charge on any atom is 0.405 e. The van der Waals surface area contributed by atoms with E-state index in [2.05, 4.69) is 22.5 Å². The fourth-order valence-corrected chi connectivity index (χ4v) is 2.03. The Hall–Kier alpha value is -1.49. The Balaban J connectivity index is 2.69. The van der Waals surface area contributed by atoms with Crippen LogP contribution >= 0.6 is 15.9 Å². The van der Waals surface area contributed by atoms with Gasteiger partial charge in [-0.05, 0) is 38.1 Å². The van der Waals surface area contributed by atoms with E-state index in [-0.39, 0.29) is 6.61 Å². The second-order valence-corrected chi connectivity index (χ2v) is 5.66. The molecule has 0 fully saturated rings. The van der Waals surface area contributed by atoms with E-state index in [1.165, 1.54) is 0 Å². The van der Waals surface area contributed by atoms with Crippen LogP contribution in [0.15, 0.2) is 40.9 Å². The number of carbonyl (C=O) groups is 1. The Morgan fingerprint density at radius 3 is 2.47 bits per heavy atom.